The Morgan fingerprint density at radius 3 is 2.62 bits per heavy atom. The van der Waals surface area contributed by atoms with Gasteiger partial charge in [-0.3, -0.25) is 4.79 Å². The average molecular weight is 355 g/mol. The fourth-order valence-electron chi connectivity index (χ4n) is 3.37. The van der Waals surface area contributed by atoms with Crippen LogP contribution in [0.2, 0.25) is 0 Å². The second kappa shape index (κ2) is 8.72. The Morgan fingerprint density at radius 2 is 1.85 bits per heavy atom. The van der Waals surface area contributed by atoms with Crippen molar-refractivity contribution in [3.8, 4) is 11.5 Å². The quantitative estimate of drug-likeness (QED) is 0.764. The van der Waals surface area contributed by atoms with E-state index in [0.29, 0.717) is 6.54 Å². The molecular formula is C21H27N2O3+. The lowest BCUT2D eigenvalue weighted by molar-refractivity contribution is -0.644. The summed E-state index contributed by atoms with van der Waals surface area (Å²) in [6.07, 6.45) is 1.84. The number of nitrogens with two attached hydrogens (primary N) is 1. The van der Waals surface area contributed by atoms with Gasteiger partial charge in [0.15, 0.2) is 18.0 Å². The Morgan fingerprint density at radius 1 is 1.08 bits per heavy atom. The van der Waals surface area contributed by atoms with E-state index in [2.05, 4.69) is 23.5 Å². The summed E-state index contributed by atoms with van der Waals surface area (Å²) in [6, 6.07) is 14.3. The molecule has 0 radical (unpaired) electrons. The molecule has 5 nitrogen and oxygen atoms in total. The number of hydrogen-bond acceptors (Lipinski definition) is 3. The van der Waals surface area contributed by atoms with Crippen LogP contribution in [0.3, 0.4) is 0 Å². The predicted molar refractivity (Wildman–Crippen MR) is 100 cm³/mol. The fraction of sp³-hybridized carbons (Fsp3) is 0.381. The SMILES string of the molecule is COc1ccc(CC[NH2+]CC(=O)N2CCc3ccccc3C2)cc1OC. The number of rotatable bonds is 7. The summed E-state index contributed by atoms with van der Waals surface area (Å²) < 4.78 is 10.6. The van der Waals surface area contributed by atoms with E-state index in [1.807, 2.05) is 29.2 Å². The molecule has 5 heteroatoms. The number of nitrogens with zero attached hydrogens (tertiary/aromatic N) is 1. The second-order valence-corrected chi connectivity index (χ2v) is 6.55. The second-order valence-electron chi connectivity index (χ2n) is 6.55. The molecule has 2 aromatic carbocycles. The van der Waals surface area contributed by atoms with E-state index in [4.69, 9.17) is 9.47 Å². The van der Waals surface area contributed by atoms with Crippen LogP contribution in [0.4, 0.5) is 0 Å². The zero-order valence-corrected chi connectivity index (χ0v) is 15.5. The molecule has 1 aliphatic rings. The third-order valence-electron chi connectivity index (χ3n) is 4.89. The van der Waals surface area contributed by atoms with Gasteiger partial charge in [-0.15, -0.1) is 0 Å². The molecule has 2 aromatic rings. The lowest BCUT2D eigenvalue weighted by atomic mass is 10.00. The highest BCUT2D eigenvalue weighted by atomic mass is 16.5. The lowest BCUT2D eigenvalue weighted by Crippen LogP contribution is -2.87. The number of ether oxygens (including phenoxy) is 2. The molecule has 0 saturated carbocycles. The number of fused-ring (bicyclic) bond motifs is 1. The minimum atomic E-state index is 0.215. The van der Waals surface area contributed by atoms with E-state index in [-0.39, 0.29) is 5.91 Å². The molecule has 26 heavy (non-hydrogen) atoms. The van der Waals surface area contributed by atoms with Crippen molar-refractivity contribution in [3.63, 3.8) is 0 Å². The normalized spacial score (nSPS) is 13.2. The van der Waals surface area contributed by atoms with Gasteiger partial charge in [-0.25, -0.2) is 0 Å². The van der Waals surface area contributed by atoms with Crippen LogP contribution < -0.4 is 14.8 Å². The molecule has 0 aliphatic carbocycles. The summed E-state index contributed by atoms with van der Waals surface area (Å²) in [5.74, 6) is 1.70. The van der Waals surface area contributed by atoms with Gasteiger partial charge in [0.25, 0.3) is 5.91 Å². The Bertz CT molecular complexity index is 761. The number of quaternary nitrogens is 1. The Balaban J connectivity index is 1.45. The van der Waals surface area contributed by atoms with E-state index in [1.165, 1.54) is 16.7 Å². The van der Waals surface area contributed by atoms with Gasteiger partial charge in [0.05, 0.1) is 20.8 Å². The highest BCUT2D eigenvalue weighted by Crippen LogP contribution is 2.27. The molecule has 0 unspecified atom stereocenters. The van der Waals surface area contributed by atoms with Crippen LogP contribution in [0, 0.1) is 0 Å². The third kappa shape index (κ3) is 4.35. The first-order valence-electron chi connectivity index (χ1n) is 9.08. The van der Waals surface area contributed by atoms with Crippen molar-refractivity contribution in [2.75, 3.05) is 33.9 Å². The fourth-order valence-corrected chi connectivity index (χ4v) is 3.37. The van der Waals surface area contributed by atoms with E-state index in [0.717, 1.165) is 44.0 Å². The maximum absolute atomic E-state index is 12.5. The van der Waals surface area contributed by atoms with Crippen molar-refractivity contribution in [3.05, 3.63) is 59.2 Å². The standard InChI is InChI=1S/C21H26N2O3/c1-25-19-8-7-16(13-20(19)26-2)9-11-22-14-21(24)23-12-10-17-5-3-4-6-18(17)15-23/h3-8,13,22H,9-12,14-15H2,1-2H3/p+1. The van der Waals surface area contributed by atoms with Crippen molar-refractivity contribution in [1.29, 1.82) is 0 Å². The molecular weight excluding hydrogens is 328 g/mol. The average Bonchev–Trinajstić information content (AvgIpc) is 2.70. The molecule has 0 atom stereocenters. The third-order valence-corrected chi connectivity index (χ3v) is 4.89. The smallest absolute Gasteiger partial charge is 0.277 e. The summed E-state index contributed by atoms with van der Waals surface area (Å²) in [7, 11) is 3.28. The van der Waals surface area contributed by atoms with E-state index >= 15 is 0 Å². The van der Waals surface area contributed by atoms with Gasteiger partial charge in [0.1, 0.15) is 0 Å². The van der Waals surface area contributed by atoms with E-state index < -0.39 is 0 Å². The summed E-state index contributed by atoms with van der Waals surface area (Å²) >= 11 is 0. The largest absolute Gasteiger partial charge is 0.493 e. The first kappa shape index (κ1) is 18.3. The van der Waals surface area contributed by atoms with Crippen LogP contribution in [-0.4, -0.2) is 44.7 Å². The van der Waals surface area contributed by atoms with Gasteiger partial charge in [-0.1, -0.05) is 30.3 Å². The first-order valence-corrected chi connectivity index (χ1v) is 9.08. The number of methoxy groups -OCH3 is 2. The Hall–Kier alpha value is -2.53. The highest BCUT2D eigenvalue weighted by Gasteiger charge is 2.20. The Kier molecular flexibility index (Phi) is 6.12. The van der Waals surface area contributed by atoms with Crippen LogP contribution >= 0.6 is 0 Å². The molecule has 2 N–H and O–H groups in total. The number of benzene rings is 2. The van der Waals surface area contributed by atoms with Gasteiger partial charge in [-0.05, 0) is 35.2 Å². The molecule has 0 spiro atoms. The molecule has 0 bridgehead atoms. The summed E-state index contributed by atoms with van der Waals surface area (Å²) in [4.78, 5) is 14.4. The zero-order valence-electron chi connectivity index (χ0n) is 15.5. The van der Waals surface area contributed by atoms with Crippen molar-refractivity contribution >= 4 is 5.91 Å². The predicted octanol–water partition coefficient (Wildman–Crippen LogP) is 1.39. The summed E-state index contributed by atoms with van der Waals surface area (Å²) in [6.45, 7) is 2.92. The summed E-state index contributed by atoms with van der Waals surface area (Å²) in [5, 5.41) is 2.08. The topological polar surface area (TPSA) is 55.4 Å². The van der Waals surface area contributed by atoms with E-state index in [1.54, 1.807) is 14.2 Å². The van der Waals surface area contributed by atoms with Gasteiger partial charge in [0.2, 0.25) is 0 Å². The molecule has 1 heterocycles. The maximum atomic E-state index is 12.5. The van der Waals surface area contributed by atoms with E-state index in [9.17, 15) is 4.79 Å². The van der Waals surface area contributed by atoms with Crippen LogP contribution in [0.5, 0.6) is 11.5 Å². The van der Waals surface area contributed by atoms with Gasteiger partial charge in [-0.2, -0.15) is 0 Å². The van der Waals surface area contributed by atoms with Gasteiger partial charge < -0.3 is 19.7 Å². The van der Waals surface area contributed by atoms with Crippen LogP contribution in [0.25, 0.3) is 0 Å². The van der Waals surface area contributed by atoms with Crippen molar-refractivity contribution in [1.82, 2.24) is 4.90 Å². The number of carbonyl (C=O) groups excluding carboxylic acids is 1. The molecule has 3 rings (SSSR count). The van der Waals surface area contributed by atoms with Crippen molar-refractivity contribution < 1.29 is 19.6 Å². The minimum Gasteiger partial charge on any atom is -0.493 e. The van der Waals surface area contributed by atoms with Crippen LogP contribution in [0.15, 0.2) is 42.5 Å². The maximum Gasteiger partial charge on any atom is 0.277 e. The molecule has 0 fully saturated rings. The highest BCUT2D eigenvalue weighted by molar-refractivity contribution is 5.77. The monoisotopic (exact) mass is 355 g/mol. The summed E-state index contributed by atoms with van der Waals surface area (Å²) in [5.41, 5.74) is 3.82. The number of carbonyl (C=O) groups is 1. The van der Waals surface area contributed by atoms with Gasteiger partial charge >= 0.3 is 0 Å². The van der Waals surface area contributed by atoms with Gasteiger partial charge in [0, 0.05) is 19.5 Å². The van der Waals surface area contributed by atoms with Crippen LogP contribution in [0.1, 0.15) is 16.7 Å². The minimum absolute atomic E-state index is 0.215. The van der Waals surface area contributed by atoms with Crippen LogP contribution in [-0.2, 0) is 24.2 Å². The first-order chi connectivity index (χ1) is 12.7. The molecule has 1 amide bonds. The molecule has 138 valence electrons. The zero-order chi connectivity index (χ0) is 18.4. The lowest BCUT2D eigenvalue weighted by Gasteiger charge is -2.28. The number of amides is 1. The Labute approximate surface area is 154 Å². The number of hydrogen-bond donors (Lipinski definition) is 1. The molecule has 0 aromatic heterocycles. The van der Waals surface area contributed by atoms with Crippen molar-refractivity contribution in [2.45, 2.75) is 19.4 Å². The molecule has 0 saturated heterocycles. The van der Waals surface area contributed by atoms with Crippen molar-refractivity contribution in [2.24, 2.45) is 0 Å². The molecule has 1 aliphatic heterocycles.